The van der Waals surface area contributed by atoms with Crippen molar-refractivity contribution in [2.24, 2.45) is 4.99 Å². The average Bonchev–Trinajstić information content (AvgIpc) is 3.18. The molecule has 8 heteroatoms. The Morgan fingerprint density at radius 3 is 2.29 bits per heavy atom. The van der Waals surface area contributed by atoms with Gasteiger partial charge in [-0.15, -0.1) is 0 Å². The van der Waals surface area contributed by atoms with Crippen LogP contribution in [0, 0.1) is 0 Å². The summed E-state index contributed by atoms with van der Waals surface area (Å²) in [5.74, 6) is -0.0518. The van der Waals surface area contributed by atoms with E-state index in [0.717, 1.165) is 22.0 Å². The van der Waals surface area contributed by atoms with E-state index in [1.807, 2.05) is 54.6 Å². The number of para-hydroxylation sites is 1. The average molecular weight is 487 g/mol. The smallest absolute Gasteiger partial charge is 0.339 e. The van der Waals surface area contributed by atoms with Crippen LogP contribution in [0.4, 0.5) is 5.69 Å². The summed E-state index contributed by atoms with van der Waals surface area (Å²) in [5, 5.41) is 5.02. The minimum Gasteiger partial charge on any atom is -0.379 e. The van der Waals surface area contributed by atoms with Crippen molar-refractivity contribution < 1.29 is 17.4 Å². The number of nitrogens with zero attached hydrogens (tertiary/aromatic N) is 1. The van der Waals surface area contributed by atoms with Crippen molar-refractivity contribution in [3.63, 3.8) is 0 Å². The molecule has 0 unspecified atom stereocenters. The number of aliphatic imine (C=N–C) groups is 1. The van der Waals surface area contributed by atoms with E-state index < -0.39 is 10.1 Å². The predicted octanol–water partition coefficient (Wildman–Crippen LogP) is 5.50. The monoisotopic (exact) mass is 486 g/mol. The second-order valence-electron chi connectivity index (χ2n) is 7.43. The summed E-state index contributed by atoms with van der Waals surface area (Å²) in [6.45, 7) is 0. The Bertz CT molecular complexity index is 1550. The maximum atomic E-state index is 12.7. The van der Waals surface area contributed by atoms with Crippen molar-refractivity contribution in [3.8, 4) is 5.75 Å². The second-order valence-corrected chi connectivity index (χ2v) is 10.0. The van der Waals surface area contributed by atoms with Gasteiger partial charge in [-0.25, -0.2) is 4.99 Å². The van der Waals surface area contributed by atoms with Crippen LogP contribution in [0.2, 0.25) is 0 Å². The fraction of sp³-hybridized carbons (Fsp3) is 0. The van der Waals surface area contributed by atoms with Gasteiger partial charge in [-0.3, -0.25) is 4.79 Å². The highest BCUT2D eigenvalue weighted by Gasteiger charge is 2.24. The molecular formula is C26H18N2O4S2. The summed E-state index contributed by atoms with van der Waals surface area (Å²) in [6, 6.07) is 28.2. The number of nitrogens with one attached hydrogen (secondary N) is 1. The lowest BCUT2D eigenvalue weighted by Gasteiger charge is -2.08. The molecule has 0 bridgehead atoms. The first-order valence-corrected chi connectivity index (χ1v) is 12.6. The number of carbonyl (C=O) groups excluding carboxylic acids is 1. The molecule has 0 aliphatic carbocycles. The molecule has 1 aliphatic rings. The van der Waals surface area contributed by atoms with Gasteiger partial charge in [0.05, 0.1) is 10.6 Å². The van der Waals surface area contributed by atoms with Gasteiger partial charge >= 0.3 is 10.1 Å². The van der Waals surface area contributed by atoms with E-state index in [1.165, 1.54) is 17.8 Å². The standard InChI is InChI=1S/C26H18N2O4S2/c29-25-24(33-26(28-25)27-21-8-2-1-3-9-21)16-18-10-13-22(14-11-18)32-34(30,31)23-15-12-19-6-4-5-7-20(19)17-23/h1-17H,(H,27,28,29)/b24-16-. The molecule has 168 valence electrons. The van der Waals surface area contributed by atoms with Gasteiger partial charge < -0.3 is 9.50 Å². The number of hydrogen-bond acceptors (Lipinski definition) is 6. The Kier molecular flexibility index (Phi) is 5.91. The number of benzene rings is 4. The van der Waals surface area contributed by atoms with Crippen LogP contribution in [0.1, 0.15) is 5.56 Å². The maximum Gasteiger partial charge on any atom is 0.339 e. The summed E-state index contributed by atoms with van der Waals surface area (Å²) in [4.78, 5) is 17.3. The van der Waals surface area contributed by atoms with Gasteiger partial charge in [-0.05, 0) is 70.6 Å². The van der Waals surface area contributed by atoms with Crippen LogP contribution < -0.4 is 9.50 Å². The van der Waals surface area contributed by atoms with Crippen LogP contribution >= 0.6 is 11.8 Å². The third kappa shape index (κ3) is 4.88. The highest BCUT2D eigenvalue weighted by Crippen LogP contribution is 2.29. The normalized spacial score (nSPS) is 16.2. The second kappa shape index (κ2) is 9.17. The van der Waals surface area contributed by atoms with Gasteiger partial charge in [0.25, 0.3) is 5.91 Å². The summed E-state index contributed by atoms with van der Waals surface area (Å²) < 4.78 is 30.8. The first-order valence-electron chi connectivity index (χ1n) is 10.3. The van der Waals surface area contributed by atoms with Gasteiger partial charge in [0.15, 0.2) is 5.17 Å². The molecule has 0 radical (unpaired) electrons. The van der Waals surface area contributed by atoms with Crippen molar-refractivity contribution in [2.75, 3.05) is 0 Å². The van der Waals surface area contributed by atoms with Crippen molar-refractivity contribution >= 4 is 55.5 Å². The maximum absolute atomic E-state index is 12.7. The lowest BCUT2D eigenvalue weighted by atomic mass is 10.1. The minimum absolute atomic E-state index is 0.0849. The zero-order chi connectivity index (χ0) is 23.5. The molecule has 1 heterocycles. The molecular weight excluding hydrogens is 468 g/mol. The SMILES string of the molecule is O=C1NC(=Nc2ccccc2)S/C1=C\c1ccc(OS(=O)(=O)c2ccc3ccccc3c2)cc1. The first-order chi connectivity index (χ1) is 16.5. The van der Waals surface area contributed by atoms with Crippen molar-refractivity contribution in [1.82, 2.24) is 5.32 Å². The Labute approximate surface area is 201 Å². The van der Waals surface area contributed by atoms with Crippen LogP contribution in [0.15, 0.2) is 112 Å². The lowest BCUT2D eigenvalue weighted by Crippen LogP contribution is -2.19. The molecule has 1 saturated heterocycles. The van der Waals surface area contributed by atoms with Gasteiger partial charge in [-0.1, -0.05) is 60.7 Å². The third-order valence-electron chi connectivity index (χ3n) is 5.03. The van der Waals surface area contributed by atoms with E-state index >= 15 is 0 Å². The molecule has 1 amide bonds. The fourth-order valence-electron chi connectivity index (χ4n) is 3.37. The summed E-state index contributed by atoms with van der Waals surface area (Å²) in [7, 11) is -3.99. The summed E-state index contributed by atoms with van der Waals surface area (Å²) in [6.07, 6.45) is 1.72. The van der Waals surface area contributed by atoms with E-state index in [1.54, 1.807) is 42.5 Å². The Morgan fingerprint density at radius 2 is 1.53 bits per heavy atom. The molecule has 1 fully saturated rings. The molecule has 6 nitrogen and oxygen atoms in total. The van der Waals surface area contributed by atoms with Gasteiger partial charge in [0.2, 0.25) is 0 Å². The zero-order valence-electron chi connectivity index (χ0n) is 17.7. The van der Waals surface area contributed by atoms with Crippen LogP contribution in [0.3, 0.4) is 0 Å². The largest absolute Gasteiger partial charge is 0.379 e. The number of amidine groups is 1. The van der Waals surface area contributed by atoms with Crippen molar-refractivity contribution in [3.05, 3.63) is 108 Å². The van der Waals surface area contributed by atoms with Crippen LogP contribution in [-0.4, -0.2) is 19.5 Å². The molecule has 1 N–H and O–H groups in total. The van der Waals surface area contributed by atoms with Crippen molar-refractivity contribution in [1.29, 1.82) is 0 Å². The number of hydrogen-bond donors (Lipinski definition) is 1. The van der Waals surface area contributed by atoms with E-state index in [2.05, 4.69) is 10.3 Å². The Morgan fingerprint density at radius 1 is 0.824 bits per heavy atom. The minimum atomic E-state index is -3.99. The number of carbonyl (C=O) groups is 1. The molecule has 4 aromatic carbocycles. The third-order valence-corrected chi connectivity index (χ3v) is 7.18. The molecule has 0 aromatic heterocycles. The predicted molar refractivity (Wildman–Crippen MR) is 135 cm³/mol. The number of amides is 1. The van der Waals surface area contributed by atoms with Crippen LogP contribution in [0.5, 0.6) is 5.75 Å². The lowest BCUT2D eigenvalue weighted by molar-refractivity contribution is -0.115. The van der Waals surface area contributed by atoms with Crippen molar-refractivity contribution in [2.45, 2.75) is 4.90 Å². The number of fused-ring (bicyclic) bond motifs is 1. The molecule has 1 aliphatic heterocycles. The quantitative estimate of drug-likeness (QED) is 0.297. The van der Waals surface area contributed by atoms with E-state index in [-0.39, 0.29) is 16.6 Å². The van der Waals surface area contributed by atoms with Crippen LogP contribution in [-0.2, 0) is 14.9 Å². The molecule has 34 heavy (non-hydrogen) atoms. The topological polar surface area (TPSA) is 84.8 Å². The molecule has 0 atom stereocenters. The Balaban J connectivity index is 1.31. The first kappa shape index (κ1) is 21.9. The van der Waals surface area contributed by atoms with Gasteiger partial charge in [0, 0.05) is 0 Å². The van der Waals surface area contributed by atoms with E-state index in [0.29, 0.717) is 10.1 Å². The fourth-order valence-corrected chi connectivity index (χ4v) is 5.18. The van der Waals surface area contributed by atoms with E-state index in [4.69, 9.17) is 4.18 Å². The van der Waals surface area contributed by atoms with E-state index in [9.17, 15) is 13.2 Å². The summed E-state index contributed by atoms with van der Waals surface area (Å²) >= 11 is 1.24. The highest BCUT2D eigenvalue weighted by atomic mass is 32.2. The van der Waals surface area contributed by atoms with Gasteiger partial charge in [-0.2, -0.15) is 8.42 Å². The molecule has 0 saturated carbocycles. The summed E-state index contributed by atoms with van der Waals surface area (Å²) in [5.41, 5.74) is 1.48. The highest BCUT2D eigenvalue weighted by molar-refractivity contribution is 8.18. The molecule has 4 aromatic rings. The molecule has 0 spiro atoms. The zero-order valence-corrected chi connectivity index (χ0v) is 19.3. The van der Waals surface area contributed by atoms with Crippen LogP contribution in [0.25, 0.3) is 16.8 Å². The van der Waals surface area contributed by atoms with Gasteiger partial charge in [0.1, 0.15) is 10.6 Å². The Hall–Kier alpha value is -3.88. The number of thioether (sulfide) groups is 1. The number of rotatable bonds is 5. The molecule has 5 rings (SSSR count).